The summed E-state index contributed by atoms with van der Waals surface area (Å²) >= 11 is 0. The minimum absolute atomic E-state index is 0.133. The zero-order chi connectivity index (χ0) is 39.5. The first-order valence-electron chi connectivity index (χ1n) is 20.4. The quantitative estimate of drug-likeness (QED) is 0.161. The van der Waals surface area contributed by atoms with Gasteiger partial charge in [0.15, 0.2) is 0 Å². The van der Waals surface area contributed by atoms with Crippen molar-refractivity contribution in [3.8, 4) is 55.6 Å². The first-order chi connectivity index (χ1) is 29.0. The van der Waals surface area contributed by atoms with E-state index in [9.17, 15) is 0 Å². The molecule has 2 heteroatoms. The Balaban J connectivity index is 1.22. The molecule has 0 bridgehead atoms. The molecule has 1 aliphatic rings. The van der Waals surface area contributed by atoms with Crippen molar-refractivity contribution in [2.75, 3.05) is 4.90 Å². The van der Waals surface area contributed by atoms with E-state index in [2.05, 4.69) is 225 Å². The minimum atomic E-state index is -0.133. The molecule has 9 aromatic carbocycles. The molecule has 280 valence electrons. The van der Waals surface area contributed by atoms with Crippen LogP contribution in [0.5, 0.6) is 0 Å². The average Bonchev–Trinajstić information content (AvgIpc) is 3.79. The van der Waals surface area contributed by atoms with E-state index in [4.69, 9.17) is 4.42 Å². The van der Waals surface area contributed by atoms with Crippen LogP contribution < -0.4 is 4.90 Å². The smallest absolute Gasteiger partial charge is 0.137 e. The molecule has 0 spiro atoms. The predicted octanol–water partition coefficient (Wildman–Crippen LogP) is 16.0. The summed E-state index contributed by atoms with van der Waals surface area (Å²) in [5.41, 5.74) is 19.6. The predicted molar refractivity (Wildman–Crippen MR) is 248 cm³/mol. The first-order valence-corrected chi connectivity index (χ1v) is 20.4. The van der Waals surface area contributed by atoms with Crippen molar-refractivity contribution >= 4 is 39.0 Å². The van der Waals surface area contributed by atoms with Crippen molar-refractivity contribution in [2.24, 2.45) is 0 Å². The molecular weight excluding hydrogens is 715 g/mol. The van der Waals surface area contributed by atoms with Crippen molar-refractivity contribution in [2.45, 2.75) is 19.3 Å². The summed E-state index contributed by atoms with van der Waals surface area (Å²) in [6.07, 6.45) is 0. The number of hydrogen-bond acceptors (Lipinski definition) is 2. The second-order valence-electron chi connectivity index (χ2n) is 16.0. The Morgan fingerprint density at radius 3 is 1.73 bits per heavy atom. The Morgan fingerprint density at radius 2 is 0.932 bits per heavy atom. The number of furan rings is 1. The highest BCUT2D eigenvalue weighted by atomic mass is 16.3. The van der Waals surface area contributed by atoms with Crippen molar-refractivity contribution in [1.29, 1.82) is 0 Å². The van der Waals surface area contributed by atoms with Crippen LogP contribution in [0.3, 0.4) is 0 Å². The number of rotatable bonds is 7. The van der Waals surface area contributed by atoms with Gasteiger partial charge in [-0.25, -0.2) is 0 Å². The van der Waals surface area contributed by atoms with Gasteiger partial charge in [0.1, 0.15) is 11.2 Å². The molecule has 1 heterocycles. The van der Waals surface area contributed by atoms with Gasteiger partial charge < -0.3 is 9.32 Å². The summed E-state index contributed by atoms with van der Waals surface area (Å²) in [7, 11) is 0. The van der Waals surface area contributed by atoms with Crippen molar-refractivity contribution in [3.05, 3.63) is 223 Å². The first kappa shape index (κ1) is 34.8. The standard InChI is InChI=1S/C57H41NO/c1-57(2)49-26-13-11-22-45(49)46-36-33-41(37-50(46)57)44-25-15-27-51(55(44)47-23-10-9-21-43(47)40-19-7-4-8-20-40)58(42-34-31-39(32-35-42)38-17-5-3-6-18-38)52-28-16-30-54-56(52)48-24-12-14-29-53(48)59-54/h3-37H,1-2H3. The molecule has 1 aromatic heterocycles. The molecule has 1 aliphatic carbocycles. The topological polar surface area (TPSA) is 16.4 Å². The molecule has 0 aliphatic heterocycles. The van der Waals surface area contributed by atoms with Crippen LogP contribution in [0.1, 0.15) is 25.0 Å². The third kappa shape index (κ3) is 5.71. The maximum absolute atomic E-state index is 6.54. The Hall–Kier alpha value is -7.42. The molecule has 0 atom stereocenters. The number of hydrogen-bond donors (Lipinski definition) is 0. The Bertz CT molecular complexity index is 3170. The van der Waals surface area contributed by atoms with Gasteiger partial charge in [0.05, 0.1) is 16.8 Å². The average molecular weight is 756 g/mol. The maximum Gasteiger partial charge on any atom is 0.137 e. The molecule has 2 nitrogen and oxygen atoms in total. The third-order valence-electron chi connectivity index (χ3n) is 12.3. The molecule has 0 radical (unpaired) electrons. The van der Waals surface area contributed by atoms with Gasteiger partial charge >= 0.3 is 0 Å². The summed E-state index contributed by atoms with van der Waals surface area (Å²) in [5.74, 6) is 0. The van der Waals surface area contributed by atoms with Crippen LogP contribution in [0.25, 0.3) is 77.6 Å². The second-order valence-corrected chi connectivity index (χ2v) is 16.0. The van der Waals surface area contributed by atoms with E-state index in [0.29, 0.717) is 0 Å². The molecule has 59 heavy (non-hydrogen) atoms. The van der Waals surface area contributed by atoms with Crippen molar-refractivity contribution in [3.63, 3.8) is 0 Å². The monoisotopic (exact) mass is 755 g/mol. The minimum Gasteiger partial charge on any atom is -0.456 e. The van der Waals surface area contributed by atoms with Crippen LogP contribution >= 0.6 is 0 Å². The zero-order valence-electron chi connectivity index (χ0n) is 33.1. The molecule has 0 saturated carbocycles. The van der Waals surface area contributed by atoms with Gasteiger partial charge in [-0.2, -0.15) is 0 Å². The van der Waals surface area contributed by atoms with E-state index >= 15 is 0 Å². The Kier molecular flexibility index (Phi) is 8.20. The van der Waals surface area contributed by atoms with Gasteiger partial charge in [-0.15, -0.1) is 0 Å². The Labute approximate surface area is 345 Å². The lowest BCUT2D eigenvalue weighted by Gasteiger charge is -2.30. The van der Waals surface area contributed by atoms with Gasteiger partial charge in [-0.05, 0) is 104 Å². The zero-order valence-corrected chi connectivity index (χ0v) is 33.1. The molecule has 0 unspecified atom stereocenters. The number of fused-ring (bicyclic) bond motifs is 6. The third-order valence-corrected chi connectivity index (χ3v) is 12.3. The molecule has 0 saturated heterocycles. The van der Waals surface area contributed by atoms with E-state index in [1.54, 1.807) is 0 Å². The van der Waals surface area contributed by atoms with E-state index in [0.717, 1.165) is 44.6 Å². The Morgan fingerprint density at radius 1 is 0.373 bits per heavy atom. The number of anilines is 3. The fourth-order valence-electron chi connectivity index (χ4n) is 9.48. The highest BCUT2D eigenvalue weighted by molar-refractivity contribution is 6.14. The number of nitrogens with zero attached hydrogens (tertiary/aromatic N) is 1. The van der Waals surface area contributed by atoms with Gasteiger partial charge in [-0.1, -0.05) is 184 Å². The van der Waals surface area contributed by atoms with Gasteiger partial charge in [0, 0.05) is 22.1 Å². The van der Waals surface area contributed by atoms with Gasteiger partial charge in [0.2, 0.25) is 0 Å². The molecule has 0 amide bonds. The lowest BCUT2D eigenvalue weighted by atomic mass is 9.81. The molecule has 0 fully saturated rings. The summed E-state index contributed by atoms with van der Waals surface area (Å²) in [5, 5.41) is 2.17. The highest BCUT2D eigenvalue weighted by Crippen LogP contribution is 2.53. The molecule has 0 N–H and O–H groups in total. The van der Waals surface area contributed by atoms with Gasteiger partial charge in [0.25, 0.3) is 0 Å². The van der Waals surface area contributed by atoms with Crippen LogP contribution in [-0.2, 0) is 5.41 Å². The normalized spacial score (nSPS) is 12.7. The van der Waals surface area contributed by atoms with E-state index < -0.39 is 0 Å². The van der Waals surface area contributed by atoms with Crippen LogP contribution in [0.4, 0.5) is 17.1 Å². The molecule has 11 rings (SSSR count). The maximum atomic E-state index is 6.54. The van der Waals surface area contributed by atoms with E-state index in [-0.39, 0.29) is 5.41 Å². The summed E-state index contributed by atoms with van der Waals surface area (Å²) < 4.78 is 6.54. The van der Waals surface area contributed by atoms with E-state index in [1.807, 2.05) is 6.07 Å². The number of benzene rings is 9. The largest absolute Gasteiger partial charge is 0.456 e. The van der Waals surface area contributed by atoms with Gasteiger partial charge in [-0.3, -0.25) is 0 Å². The lowest BCUT2D eigenvalue weighted by Crippen LogP contribution is -2.15. The van der Waals surface area contributed by atoms with Crippen molar-refractivity contribution < 1.29 is 4.42 Å². The molecular formula is C57H41NO. The summed E-state index contributed by atoms with van der Waals surface area (Å²) in [4.78, 5) is 2.45. The fourth-order valence-corrected chi connectivity index (χ4v) is 9.48. The SMILES string of the molecule is CC1(C)c2ccccc2-c2ccc(-c3cccc(N(c4ccc(-c5ccccc5)cc4)c4cccc5oc6ccccc6c45)c3-c3ccccc3-c3ccccc3)cc21. The van der Waals surface area contributed by atoms with E-state index in [1.165, 1.54) is 61.2 Å². The van der Waals surface area contributed by atoms with Crippen molar-refractivity contribution in [1.82, 2.24) is 0 Å². The van der Waals surface area contributed by atoms with Crippen LogP contribution in [0.2, 0.25) is 0 Å². The fraction of sp³-hybridized carbons (Fsp3) is 0.0526. The van der Waals surface area contributed by atoms with Crippen LogP contribution in [-0.4, -0.2) is 0 Å². The van der Waals surface area contributed by atoms with Crippen LogP contribution in [0, 0.1) is 0 Å². The lowest BCUT2D eigenvalue weighted by molar-refractivity contribution is 0.660. The highest BCUT2D eigenvalue weighted by Gasteiger charge is 2.35. The number of para-hydroxylation sites is 1. The summed E-state index contributed by atoms with van der Waals surface area (Å²) in [6.45, 7) is 4.72. The molecule has 10 aromatic rings. The summed E-state index contributed by atoms with van der Waals surface area (Å²) in [6, 6.07) is 76.9. The van der Waals surface area contributed by atoms with Crippen LogP contribution in [0.15, 0.2) is 217 Å². The second kappa shape index (κ2) is 13.9.